The van der Waals surface area contributed by atoms with Gasteiger partial charge in [-0.25, -0.2) is 0 Å². The maximum absolute atomic E-state index is 3.07. The quantitative estimate of drug-likeness (QED) is 0.688. The number of hydrogen-bond acceptors (Lipinski definition) is 0. The number of rotatable bonds is 1. The molecule has 1 heterocycles. The molecule has 0 amide bonds. The van der Waals surface area contributed by atoms with Gasteiger partial charge in [-0.2, -0.15) is 0 Å². The number of aromatic nitrogens is 1. The minimum Gasteiger partial charge on any atom is -0.367 e. The number of aromatic amines is 1. The van der Waals surface area contributed by atoms with E-state index in [1.807, 2.05) is 12.4 Å². The van der Waals surface area contributed by atoms with E-state index in [9.17, 15) is 0 Å². The summed E-state index contributed by atoms with van der Waals surface area (Å²) in [5.74, 6) is 0. The predicted octanol–water partition coefficient (Wildman–Crippen LogP) is 3.55. The highest BCUT2D eigenvalue weighted by atomic mass is 14.6. The maximum Gasteiger partial charge on any atom is 0.00841 e. The molecule has 0 radical (unpaired) electrons. The van der Waals surface area contributed by atoms with E-state index in [0.717, 1.165) is 0 Å². The van der Waals surface area contributed by atoms with Gasteiger partial charge in [0.05, 0.1) is 0 Å². The second-order valence-electron chi connectivity index (χ2n) is 4.24. The largest absolute Gasteiger partial charge is 0.367 e. The highest BCUT2D eigenvalue weighted by Crippen LogP contribution is 2.26. The summed E-state index contributed by atoms with van der Waals surface area (Å²) in [6.07, 6.45) is 14.9. The minimum absolute atomic E-state index is 0.161. The van der Waals surface area contributed by atoms with Crippen molar-refractivity contribution < 1.29 is 0 Å². The SMILES string of the molecule is CC1(C)C=CC=C(c2cc[nH]c2)C=C1. The summed E-state index contributed by atoms with van der Waals surface area (Å²) in [7, 11) is 0. The zero-order valence-corrected chi connectivity index (χ0v) is 8.62. The third-order valence-corrected chi connectivity index (χ3v) is 2.43. The first kappa shape index (κ1) is 9.07. The van der Waals surface area contributed by atoms with E-state index >= 15 is 0 Å². The van der Waals surface area contributed by atoms with Gasteiger partial charge in [0.1, 0.15) is 0 Å². The Morgan fingerprint density at radius 1 is 1.21 bits per heavy atom. The van der Waals surface area contributed by atoms with Crippen molar-refractivity contribution in [2.45, 2.75) is 13.8 Å². The Hall–Kier alpha value is -1.50. The van der Waals surface area contributed by atoms with Crippen molar-refractivity contribution in [3.8, 4) is 0 Å². The molecule has 0 fully saturated rings. The maximum atomic E-state index is 3.07. The van der Waals surface area contributed by atoms with E-state index in [4.69, 9.17) is 0 Å². The highest BCUT2D eigenvalue weighted by molar-refractivity contribution is 5.75. The van der Waals surface area contributed by atoms with Crippen LogP contribution in [0.25, 0.3) is 5.57 Å². The van der Waals surface area contributed by atoms with E-state index in [0.29, 0.717) is 0 Å². The monoisotopic (exact) mass is 185 g/mol. The van der Waals surface area contributed by atoms with Crippen molar-refractivity contribution in [3.63, 3.8) is 0 Å². The van der Waals surface area contributed by atoms with Crippen molar-refractivity contribution in [2.24, 2.45) is 5.41 Å². The number of nitrogens with one attached hydrogen (secondary N) is 1. The van der Waals surface area contributed by atoms with Gasteiger partial charge in [0.2, 0.25) is 0 Å². The Balaban J connectivity index is 2.33. The van der Waals surface area contributed by atoms with Crippen LogP contribution in [0.3, 0.4) is 0 Å². The Labute approximate surface area is 84.9 Å². The molecule has 1 aromatic rings. The van der Waals surface area contributed by atoms with Gasteiger partial charge in [0, 0.05) is 17.8 Å². The zero-order valence-electron chi connectivity index (χ0n) is 8.62. The van der Waals surface area contributed by atoms with Gasteiger partial charge >= 0.3 is 0 Å². The molecule has 1 aromatic heterocycles. The Bertz CT molecular complexity index is 389. The van der Waals surface area contributed by atoms with Crippen LogP contribution in [0, 0.1) is 5.41 Å². The van der Waals surface area contributed by atoms with E-state index in [1.165, 1.54) is 11.1 Å². The first-order chi connectivity index (χ1) is 6.67. The topological polar surface area (TPSA) is 15.8 Å². The second kappa shape index (κ2) is 3.33. The summed E-state index contributed by atoms with van der Waals surface area (Å²) in [4.78, 5) is 3.07. The number of allylic oxidation sites excluding steroid dienone is 6. The highest BCUT2D eigenvalue weighted by Gasteiger charge is 2.10. The van der Waals surface area contributed by atoms with Gasteiger partial charge in [-0.05, 0) is 17.2 Å². The van der Waals surface area contributed by atoms with Crippen LogP contribution in [-0.2, 0) is 0 Å². The smallest absolute Gasteiger partial charge is 0.00841 e. The number of H-pyrrole nitrogens is 1. The Morgan fingerprint density at radius 3 is 2.79 bits per heavy atom. The van der Waals surface area contributed by atoms with Crippen LogP contribution in [0.1, 0.15) is 19.4 Å². The molecule has 0 saturated heterocycles. The van der Waals surface area contributed by atoms with Crippen molar-refractivity contribution in [1.82, 2.24) is 4.98 Å². The summed E-state index contributed by atoms with van der Waals surface area (Å²) in [6, 6.07) is 2.09. The summed E-state index contributed by atoms with van der Waals surface area (Å²) in [5, 5.41) is 0. The van der Waals surface area contributed by atoms with Crippen LogP contribution >= 0.6 is 0 Å². The predicted molar refractivity (Wildman–Crippen MR) is 60.8 cm³/mol. The molecule has 0 saturated carbocycles. The third-order valence-electron chi connectivity index (χ3n) is 2.43. The van der Waals surface area contributed by atoms with Crippen molar-refractivity contribution >= 4 is 5.57 Å². The molecule has 0 aromatic carbocycles. The molecule has 0 bridgehead atoms. The molecule has 1 aliphatic rings. The molecule has 2 rings (SSSR count). The lowest BCUT2D eigenvalue weighted by atomic mass is 9.93. The Morgan fingerprint density at radius 2 is 2.07 bits per heavy atom. The fourth-order valence-electron chi connectivity index (χ4n) is 1.51. The van der Waals surface area contributed by atoms with Gasteiger partial charge in [-0.3, -0.25) is 0 Å². The average molecular weight is 185 g/mol. The molecule has 0 atom stereocenters. The molecular weight excluding hydrogens is 170 g/mol. The summed E-state index contributed by atoms with van der Waals surface area (Å²) in [5.41, 5.74) is 2.66. The molecule has 1 N–H and O–H groups in total. The van der Waals surface area contributed by atoms with Crippen LogP contribution in [0.4, 0.5) is 0 Å². The van der Waals surface area contributed by atoms with Gasteiger partial charge in [-0.1, -0.05) is 44.2 Å². The minimum atomic E-state index is 0.161. The molecule has 14 heavy (non-hydrogen) atoms. The molecule has 0 spiro atoms. The fraction of sp³-hybridized carbons (Fsp3) is 0.231. The van der Waals surface area contributed by atoms with E-state index < -0.39 is 0 Å². The van der Waals surface area contributed by atoms with Gasteiger partial charge < -0.3 is 4.98 Å². The van der Waals surface area contributed by atoms with Crippen LogP contribution < -0.4 is 0 Å². The lowest BCUT2D eigenvalue weighted by molar-refractivity contribution is 0.627. The van der Waals surface area contributed by atoms with Crippen LogP contribution in [-0.4, -0.2) is 4.98 Å². The van der Waals surface area contributed by atoms with Gasteiger partial charge in [0.25, 0.3) is 0 Å². The molecule has 1 heteroatoms. The van der Waals surface area contributed by atoms with Crippen molar-refractivity contribution in [2.75, 3.05) is 0 Å². The molecule has 1 aliphatic carbocycles. The lowest BCUT2D eigenvalue weighted by Crippen LogP contribution is -2.00. The van der Waals surface area contributed by atoms with Gasteiger partial charge in [-0.15, -0.1) is 0 Å². The van der Waals surface area contributed by atoms with E-state index in [2.05, 4.69) is 55.3 Å². The Kier molecular flexibility index (Phi) is 2.16. The standard InChI is InChI=1S/C13H15N/c1-13(2)7-3-4-11(5-8-13)12-6-9-14-10-12/h3-10,14H,1-2H3. The normalized spacial score (nSPS) is 19.1. The van der Waals surface area contributed by atoms with Gasteiger partial charge in [0.15, 0.2) is 0 Å². The van der Waals surface area contributed by atoms with Crippen LogP contribution in [0.15, 0.2) is 48.8 Å². The van der Waals surface area contributed by atoms with Crippen molar-refractivity contribution in [1.29, 1.82) is 0 Å². The molecule has 1 nitrogen and oxygen atoms in total. The van der Waals surface area contributed by atoms with Crippen molar-refractivity contribution in [3.05, 3.63) is 54.4 Å². The summed E-state index contributed by atoms with van der Waals surface area (Å²) >= 11 is 0. The lowest BCUT2D eigenvalue weighted by Gasteiger charge is -2.12. The number of hydrogen-bond donors (Lipinski definition) is 1. The average Bonchev–Trinajstić information content (AvgIpc) is 2.58. The molecule has 0 aliphatic heterocycles. The molecular formula is C13H15N. The second-order valence-corrected chi connectivity index (χ2v) is 4.24. The molecule has 72 valence electrons. The zero-order chi connectivity index (χ0) is 10.0. The van der Waals surface area contributed by atoms with E-state index in [-0.39, 0.29) is 5.41 Å². The molecule has 0 unspecified atom stereocenters. The first-order valence-corrected chi connectivity index (χ1v) is 4.89. The third kappa shape index (κ3) is 1.87. The fourth-order valence-corrected chi connectivity index (χ4v) is 1.51. The summed E-state index contributed by atoms with van der Waals surface area (Å²) < 4.78 is 0. The first-order valence-electron chi connectivity index (χ1n) is 4.89. The van der Waals surface area contributed by atoms with Crippen LogP contribution in [0.5, 0.6) is 0 Å². The van der Waals surface area contributed by atoms with Crippen LogP contribution in [0.2, 0.25) is 0 Å². The summed E-state index contributed by atoms with van der Waals surface area (Å²) in [6.45, 7) is 4.40. The van der Waals surface area contributed by atoms with E-state index in [1.54, 1.807) is 0 Å².